The lowest BCUT2D eigenvalue weighted by atomic mass is 9.98. The minimum Gasteiger partial charge on any atom is -0.444 e. The third-order valence-corrected chi connectivity index (χ3v) is 5.80. The van der Waals surface area contributed by atoms with Crippen LogP contribution in [0.15, 0.2) is 97.1 Å². The molecule has 4 aromatic rings. The third kappa shape index (κ3) is 6.50. The van der Waals surface area contributed by atoms with E-state index < -0.39 is 29.7 Å². The molecule has 0 radical (unpaired) electrons. The molecule has 4 rings (SSSR count). The lowest BCUT2D eigenvalue weighted by Gasteiger charge is -2.19. The van der Waals surface area contributed by atoms with Gasteiger partial charge in [-0.3, -0.25) is 4.79 Å². The molecule has 0 bridgehead atoms. The van der Waals surface area contributed by atoms with Gasteiger partial charge < -0.3 is 10.1 Å². The maximum atomic E-state index is 13.3. The summed E-state index contributed by atoms with van der Waals surface area (Å²) in [5, 5.41) is 3.27. The zero-order valence-corrected chi connectivity index (χ0v) is 20.4. The summed E-state index contributed by atoms with van der Waals surface area (Å²) in [6.45, 7) is 0. The van der Waals surface area contributed by atoms with Crippen molar-refractivity contribution >= 4 is 40.8 Å². The van der Waals surface area contributed by atoms with E-state index in [1.165, 1.54) is 36.4 Å². The van der Waals surface area contributed by atoms with Gasteiger partial charge in [0.1, 0.15) is 0 Å². The Balaban J connectivity index is 1.64. The van der Waals surface area contributed by atoms with Crippen LogP contribution in [-0.2, 0) is 15.7 Å². The van der Waals surface area contributed by atoms with Gasteiger partial charge in [-0.05, 0) is 47.5 Å². The van der Waals surface area contributed by atoms with Crippen molar-refractivity contribution in [2.75, 3.05) is 5.32 Å². The molecule has 1 atom stereocenters. The van der Waals surface area contributed by atoms with Crippen LogP contribution in [0.1, 0.15) is 27.6 Å². The number of carbonyl (C=O) groups is 2. The van der Waals surface area contributed by atoms with Gasteiger partial charge in [-0.15, -0.1) is 0 Å². The molecule has 0 spiro atoms. The van der Waals surface area contributed by atoms with Crippen LogP contribution < -0.4 is 5.32 Å². The van der Waals surface area contributed by atoms with Crippen LogP contribution in [-0.4, -0.2) is 11.9 Å². The maximum absolute atomic E-state index is 13.3. The highest BCUT2D eigenvalue weighted by Gasteiger charge is 2.30. The van der Waals surface area contributed by atoms with Gasteiger partial charge in [0.15, 0.2) is 0 Å². The molecule has 9 heteroatoms. The standard InChI is InChI=1S/C28H18Cl2F3NO3/c29-20-14-21(30)16-22(15-20)34-26(35)25(18-6-2-1-3-7-18)37-27(36)24-9-5-4-8-23(24)17-10-12-19(13-11-17)28(31,32)33/h1-16,25H,(H,34,35)/t25-/m1/s1. The summed E-state index contributed by atoms with van der Waals surface area (Å²) in [7, 11) is 0. The van der Waals surface area contributed by atoms with E-state index in [9.17, 15) is 22.8 Å². The van der Waals surface area contributed by atoms with Crippen molar-refractivity contribution in [1.29, 1.82) is 0 Å². The Bertz CT molecular complexity index is 1400. The van der Waals surface area contributed by atoms with Crippen molar-refractivity contribution in [1.82, 2.24) is 0 Å². The molecule has 0 saturated carbocycles. The lowest BCUT2D eigenvalue weighted by molar-refractivity contribution is -0.137. The highest BCUT2D eigenvalue weighted by molar-refractivity contribution is 6.35. The molecule has 0 heterocycles. The molecule has 0 unspecified atom stereocenters. The number of alkyl halides is 3. The first-order chi connectivity index (χ1) is 17.6. The van der Waals surface area contributed by atoms with Crippen molar-refractivity contribution in [3.8, 4) is 11.1 Å². The van der Waals surface area contributed by atoms with Crippen molar-refractivity contribution < 1.29 is 27.5 Å². The van der Waals surface area contributed by atoms with Gasteiger partial charge in [-0.1, -0.05) is 83.9 Å². The number of rotatable bonds is 6. The van der Waals surface area contributed by atoms with Crippen LogP contribution >= 0.6 is 23.2 Å². The molecular weight excluding hydrogens is 526 g/mol. The molecule has 1 amide bonds. The topological polar surface area (TPSA) is 55.4 Å². The first kappa shape index (κ1) is 26.3. The molecule has 0 aromatic heterocycles. The number of amides is 1. The predicted octanol–water partition coefficient (Wildman–Crippen LogP) is 8.22. The average molecular weight is 544 g/mol. The first-order valence-corrected chi connectivity index (χ1v) is 11.7. The smallest absolute Gasteiger partial charge is 0.416 e. The third-order valence-electron chi connectivity index (χ3n) is 5.37. The fourth-order valence-corrected chi connectivity index (χ4v) is 4.18. The van der Waals surface area contributed by atoms with Gasteiger partial charge in [0.2, 0.25) is 6.10 Å². The summed E-state index contributed by atoms with van der Waals surface area (Å²) >= 11 is 12.0. The monoisotopic (exact) mass is 543 g/mol. The predicted molar refractivity (Wildman–Crippen MR) is 137 cm³/mol. The Morgan fingerprint density at radius 2 is 1.38 bits per heavy atom. The number of halogens is 5. The average Bonchev–Trinajstić information content (AvgIpc) is 2.86. The molecule has 0 aliphatic heterocycles. The summed E-state index contributed by atoms with van der Waals surface area (Å²) in [5.41, 5.74) is 0.739. The van der Waals surface area contributed by atoms with Crippen molar-refractivity contribution in [3.63, 3.8) is 0 Å². The second kappa shape index (κ2) is 11.1. The Morgan fingerprint density at radius 1 is 0.784 bits per heavy atom. The maximum Gasteiger partial charge on any atom is 0.416 e. The summed E-state index contributed by atoms with van der Waals surface area (Å²) in [6.07, 6.45) is -5.83. The summed E-state index contributed by atoms with van der Waals surface area (Å²) in [5.74, 6) is -1.48. The number of hydrogen-bond donors (Lipinski definition) is 1. The number of benzene rings is 4. The normalized spacial score (nSPS) is 12.0. The van der Waals surface area contributed by atoms with Crippen LogP contribution in [0.25, 0.3) is 11.1 Å². The fraction of sp³-hybridized carbons (Fsp3) is 0.0714. The highest BCUT2D eigenvalue weighted by Crippen LogP contribution is 2.33. The van der Waals surface area contributed by atoms with Gasteiger partial charge in [0, 0.05) is 21.3 Å². The molecular formula is C28H18Cl2F3NO3. The molecule has 37 heavy (non-hydrogen) atoms. The molecule has 1 N–H and O–H groups in total. The Morgan fingerprint density at radius 3 is 2.00 bits per heavy atom. The van der Waals surface area contributed by atoms with Crippen LogP contribution in [0.2, 0.25) is 10.0 Å². The quantitative estimate of drug-likeness (QED) is 0.249. The Hall–Kier alpha value is -3.81. The minimum atomic E-state index is -4.49. The van der Waals surface area contributed by atoms with E-state index in [-0.39, 0.29) is 5.56 Å². The van der Waals surface area contributed by atoms with Gasteiger partial charge in [-0.25, -0.2) is 4.79 Å². The van der Waals surface area contributed by atoms with Gasteiger partial charge >= 0.3 is 12.1 Å². The minimum absolute atomic E-state index is 0.0850. The second-order valence-electron chi connectivity index (χ2n) is 7.96. The van der Waals surface area contributed by atoms with E-state index in [2.05, 4.69) is 5.32 Å². The van der Waals surface area contributed by atoms with E-state index in [1.54, 1.807) is 48.5 Å². The molecule has 188 valence electrons. The number of ether oxygens (including phenoxy) is 1. The zero-order valence-electron chi connectivity index (χ0n) is 18.9. The summed E-state index contributed by atoms with van der Waals surface area (Å²) in [4.78, 5) is 26.5. The van der Waals surface area contributed by atoms with Crippen molar-refractivity contribution in [2.45, 2.75) is 12.3 Å². The van der Waals surface area contributed by atoms with E-state index in [0.29, 0.717) is 32.4 Å². The van der Waals surface area contributed by atoms with Gasteiger partial charge in [-0.2, -0.15) is 13.2 Å². The largest absolute Gasteiger partial charge is 0.444 e. The van der Waals surface area contributed by atoms with E-state index in [4.69, 9.17) is 27.9 Å². The molecule has 0 aliphatic rings. The van der Waals surface area contributed by atoms with E-state index in [0.717, 1.165) is 12.1 Å². The number of carbonyl (C=O) groups excluding carboxylic acids is 2. The van der Waals surface area contributed by atoms with E-state index in [1.807, 2.05) is 0 Å². The zero-order chi connectivity index (χ0) is 26.6. The SMILES string of the molecule is O=C(O[C@@H](C(=O)Nc1cc(Cl)cc(Cl)c1)c1ccccc1)c1ccccc1-c1ccc(C(F)(F)F)cc1. The second-order valence-corrected chi connectivity index (χ2v) is 8.84. The fourth-order valence-electron chi connectivity index (χ4n) is 3.66. The van der Waals surface area contributed by atoms with Gasteiger partial charge in [0.25, 0.3) is 5.91 Å². The molecule has 4 aromatic carbocycles. The van der Waals surface area contributed by atoms with Crippen LogP contribution in [0.5, 0.6) is 0 Å². The number of anilines is 1. The van der Waals surface area contributed by atoms with E-state index >= 15 is 0 Å². The number of nitrogens with one attached hydrogen (secondary N) is 1. The van der Waals surface area contributed by atoms with Crippen molar-refractivity contribution in [2.24, 2.45) is 0 Å². The molecule has 0 fully saturated rings. The van der Waals surface area contributed by atoms with Crippen LogP contribution in [0.4, 0.5) is 18.9 Å². The first-order valence-electron chi connectivity index (χ1n) is 10.9. The highest BCUT2D eigenvalue weighted by atomic mass is 35.5. The van der Waals surface area contributed by atoms with Gasteiger partial charge in [0.05, 0.1) is 11.1 Å². The van der Waals surface area contributed by atoms with Crippen LogP contribution in [0, 0.1) is 0 Å². The lowest BCUT2D eigenvalue weighted by Crippen LogP contribution is -2.26. The molecule has 0 aliphatic carbocycles. The number of esters is 1. The molecule has 0 saturated heterocycles. The summed E-state index contributed by atoms with van der Waals surface area (Å²) < 4.78 is 44.6. The Labute approximate surface area is 220 Å². The van der Waals surface area contributed by atoms with Crippen molar-refractivity contribution in [3.05, 3.63) is 124 Å². The summed E-state index contributed by atoms with van der Waals surface area (Å²) in [6, 6.07) is 23.6. The Kier molecular flexibility index (Phi) is 7.86. The number of hydrogen-bond acceptors (Lipinski definition) is 3. The van der Waals surface area contributed by atoms with Crippen LogP contribution in [0.3, 0.4) is 0 Å². The molecule has 4 nitrogen and oxygen atoms in total.